The van der Waals surface area contributed by atoms with Crippen LogP contribution in [0.3, 0.4) is 0 Å². The van der Waals surface area contributed by atoms with E-state index < -0.39 is 0 Å². The molecule has 2 unspecified atom stereocenters. The van der Waals surface area contributed by atoms with E-state index in [-0.39, 0.29) is 12.1 Å². The molecule has 0 saturated carbocycles. The average Bonchev–Trinajstić information content (AvgIpc) is 2.93. The summed E-state index contributed by atoms with van der Waals surface area (Å²) in [7, 11) is 1.63. The standard InChI is InChI=1S/C14H21NO3/c1-17-11-4-2-5-12(10-11)18-9-7-14(16)13-6-3-8-15-13/h2,4-5,10,13-16H,3,6-9H2,1H3. The van der Waals surface area contributed by atoms with Crippen LogP contribution >= 0.6 is 0 Å². The summed E-state index contributed by atoms with van der Waals surface area (Å²) in [5.41, 5.74) is 0. The van der Waals surface area contributed by atoms with Crippen LogP contribution in [0.1, 0.15) is 19.3 Å². The van der Waals surface area contributed by atoms with Gasteiger partial charge < -0.3 is 19.9 Å². The van der Waals surface area contributed by atoms with Gasteiger partial charge in [0.05, 0.1) is 19.8 Å². The topological polar surface area (TPSA) is 50.7 Å². The molecule has 0 amide bonds. The Kier molecular flexibility index (Phi) is 4.84. The van der Waals surface area contributed by atoms with Crippen LogP contribution in [-0.4, -0.2) is 37.5 Å². The number of methoxy groups -OCH3 is 1. The van der Waals surface area contributed by atoms with Crippen molar-refractivity contribution >= 4 is 0 Å². The van der Waals surface area contributed by atoms with Crippen LogP contribution in [0.5, 0.6) is 11.5 Å². The quantitative estimate of drug-likeness (QED) is 0.806. The Morgan fingerprint density at radius 2 is 2.28 bits per heavy atom. The molecule has 0 spiro atoms. The summed E-state index contributed by atoms with van der Waals surface area (Å²) in [5.74, 6) is 1.56. The summed E-state index contributed by atoms with van der Waals surface area (Å²) in [5, 5.41) is 13.3. The molecule has 1 heterocycles. The first-order chi connectivity index (χ1) is 8.79. The van der Waals surface area contributed by atoms with Crippen LogP contribution < -0.4 is 14.8 Å². The highest BCUT2D eigenvalue weighted by Gasteiger charge is 2.22. The molecule has 1 fully saturated rings. The molecular weight excluding hydrogens is 230 g/mol. The molecule has 18 heavy (non-hydrogen) atoms. The molecule has 0 radical (unpaired) electrons. The summed E-state index contributed by atoms with van der Waals surface area (Å²) in [6, 6.07) is 7.75. The number of rotatable bonds is 6. The third kappa shape index (κ3) is 3.62. The van der Waals surface area contributed by atoms with Crippen molar-refractivity contribution in [2.75, 3.05) is 20.3 Å². The minimum absolute atomic E-state index is 0.235. The summed E-state index contributed by atoms with van der Waals surface area (Å²) in [6.45, 7) is 1.53. The summed E-state index contributed by atoms with van der Waals surface area (Å²) in [4.78, 5) is 0. The van der Waals surface area contributed by atoms with Gasteiger partial charge in [0.2, 0.25) is 0 Å². The molecule has 100 valence electrons. The SMILES string of the molecule is COc1cccc(OCCC(O)C2CCCN2)c1. The number of hydrogen-bond acceptors (Lipinski definition) is 4. The van der Waals surface area contributed by atoms with E-state index in [4.69, 9.17) is 9.47 Å². The highest BCUT2D eigenvalue weighted by atomic mass is 16.5. The zero-order valence-electron chi connectivity index (χ0n) is 10.8. The lowest BCUT2D eigenvalue weighted by Crippen LogP contribution is -2.35. The van der Waals surface area contributed by atoms with E-state index in [2.05, 4.69) is 5.32 Å². The van der Waals surface area contributed by atoms with Crippen molar-refractivity contribution in [3.05, 3.63) is 24.3 Å². The molecular formula is C14H21NO3. The monoisotopic (exact) mass is 251 g/mol. The van der Waals surface area contributed by atoms with Crippen molar-refractivity contribution in [1.82, 2.24) is 5.32 Å². The number of hydrogen-bond donors (Lipinski definition) is 2. The molecule has 1 aromatic rings. The molecule has 4 nitrogen and oxygen atoms in total. The van der Waals surface area contributed by atoms with Gasteiger partial charge in [-0.15, -0.1) is 0 Å². The van der Waals surface area contributed by atoms with Gasteiger partial charge in [0.25, 0.3) is 0 Å². The maximum absolute atomic E-state index is 9.96. The highest BCUT2D eigenvalue weighted by Crippen LogP contribution is 2.19. The maximum Gasteiger partial charge on any atom is 0.122 e. The van der Waals surface area contributed by atoms with Crippen LogP contribution in [0.25, 0.3) is 0 Å². The first-order valence-corrected chi connectivity index (χ1v) is 6.48. The van der Waals surface area contributed by atoms with E-state index >= 15 is 0 Å². The van der Waals surface area contributed by atoms with E-state index in [1.807, 2.05) is 24.3 Å². The van der Waals surface area contributed by atoms with Crippen molar-refractivity contribution in [2.24, 2.45) is 0 Å². The lowest BCUT2D eigenvalue weighted by atomic mass is 10.1. The molecule has 1 aromatic carbocycles. The number of nitrogens with one attached hydrogen (secondary N) is 1. The van der Waals surface area contributed by atoms with Gasteiger partial charge in [0.1, 0.15) is 11.5 Å². The number of aliphatic hydroxyl groups excluding tert-OH is 1. The normalized spacial score (nSPS) is 20.7. The molecule has 2 rings (SSSR count). The zero-order valence-corrected chi connectivity index (χ0v) is 10.8. The summed E-state index contributed by atoms with van der Waals surface area (Å²) < 4.78 is 10.7. The van der Waals surface area contributed by atoms with E-state index in [1.54, 1.807) is 7.11 Å². The predicted octanol–water partition coefficient (Wildman–Crippen LogP) is 1.58. The van der Waals surface area contributed by atoms with Crippen LogP contribution in [0.15, 0.2) is 24.3 Å². The largest absolute Gasteiger partial charge is 0.497 e. The molecule has 0 bridgehead atoms. The summed E-state index contributed by atoms with van der Waals surface area (Å²) in [6.07, 6.45) is 2.53. The van der Waals surface area contributed by atoms with Gasteiger partial charge >= 0.3 is 0 Å². The smallest absolute Gasteiger partial charge is 0.122 e. The minimum Gasteiger partial charge on any atom is -0.497 e. The van der Waals surface area contributed by atoms with Gasteiger partial charge in [-0.3, -0.25) is 0 Å². The fourth-order valence-corrected chi connectivity index (χ4v) is 2.23. The van der Waals surface area contributed by atoms with Crippen LogP contribution in [0.2, 0.25) is 0 Å². The summed E-state index contributed by atoms with van der Waals surface area (Å²) >= 11 is 0. The van der Waals surface area contributed by atoms with Crippen molar-refractivity contribution in [2.45, 2.75) is 31.4 Å². The van der Waals surface area contributed by atoms with Gasteiger partial charge in [-0.1, -0.05) is 6.07 Å². The Hall–Kier alpha value is -1.26. The Morgan fingerprint density at radius 3 is 3.00 bits per heavy atom. The van der Waals surface area contributed by atoms with Crippen LogP contribution in [0, 0.1) is 0 Å². The predicted molar refractivity (Wildman–Crippen MR) is 70.1 cm³/mol. The number of aliphatic hydroxyl groups is 1. The van der Waals surface area contributed by atoms with Crippen molar-refractivity contribution < 1.29 is 14.6 Å². The van der Waals surface area contributed by atoms with Crippen molar-refractivity contribution in [1.29, 1.82) is 0 Å². The number of benzene rings is 1. The lowest BCUT2D eigenvalue weighted by molar-refractivity contribution is 0.107. The maximum atomic E-state index is 9.96. The Labute approximate surface area is 108 Å². The zero-order chi connectivity index (χ0) is 12.8. The van der Waals surface area contributed by atoms with Gasteiger partial charge in [0.15, 0.2) is 0 Å². The second kappa shape index (κ2) is 6.61. The Morgan fingerprint density at radius 1 is 1.44 bits per heavy atom. The van der Waals surface area contributed by atoms with E-state index in [9.17, 15) is 5.11 Å². The van der Waals surface area contributed by atoms with Gasteiger partial charge in [-0.05, 0) is 31.5 Å². The van der Waals surface area contributed by atoms with Crippen LogP contribution in [-0.2, 0) is 0 Å². The molecule has 0 aromatic heterocycles. The Balaban J connectivity index is 1.73. The lowest BCUT2D eigenvalue weighted by Gasteiger charge is -2.18. The number of ether oxygens (including phenoxy) is 2. The minimum atomic E-state index is -0.321. The molecule has 4 heteroatoms. The van der Waals surface area contributed by atoms with E-state index in [0.29, 0.717) is 13.0 Å². The van der Waals surface area contributed by atoms with Crippen LogP contribution in [0.4, 0.5) is 0 Å². The molecule has 2 atom stereocenters. The van der Waals surface area contributed by atoms with Crippen molar-refractivity contribution in [3.63, 3.8) is 0 Å². The third-order valence-corrected chi connectivity index (χ3v) is 3.29. The first kappa shape index (κ1) is 13.2. The first-order valence-electron chi connectivity index (χ1n) is 6.48. The molecule has 0 aliphatic carbocycles. The second-order valence-corrected chi connectivity index (χ2v) is 4.59. The fourth-order valence-electron chi connectivity index (χ4n) is 2.23. The second-order valence-electron chi connectivity index (χ2n) is 4.59. The van der Waals surface area contributed by atoms with Gasteiger partial charge in [0, 0.05) is 18.5 Å². The van der Waals surface area contributed by atoms with Crippen molar-refractivity contribution in [3.8, 4) is 11.5 Å². The molecule has 1 aliphatic rings. The highest BCUT2D eigenvalue weighted by molar-refractivity contribution is 5.32. The van der Waals surface area contributed by atoms with E-state index in [0.717, 1.165) is 30.9 Å². The molecule has 2 N–H and O–H groups in total. The Bertz CT molecular complexity index is 364. The third-order valence-electron chi connectivity index (χ3n) is 3.29. The van der Waals surface area contributed by atoms with E-state index in [1.165, 1.54) is 0 Å². The molecule has 1 saturated heterocycles. The van der Waals surface area contributed by atoms with Gasteiger partial charge in [-0.2, -0.15) is 0 Å². The molecule has 1 aliphatic heterocycles. The fraction of sp³-hybridized carbons (Fsp3) is 0.571. The van der Waals surface area contributed by atoms with Gasteiger partial charge in [-0.25, -0.2) is 0 Å². The average molecular weight is 251 g/mol.